The van der Waals surface area contributed by atoms with E-state index >= 15 is 0 Å². The molecule has 16 heavy (non-hydrogen) atoms. The maximum absolute atomic E-state index is 13.5. The first-order valence-corrected chi connectivity index (χ1v) is 6.95. The van der Waals surface area contributed by atoms with Crippen LogP contribution in [-0.4, -0.2) is 0 Å². The van der Waals surface area contributed by atoms with Gasteiger partial charge in [-0.15, -0.1) is 11.3 Å². The highest BCUT2D eigenvalue weighted by atomic mass is 79.9. The van der Waals surface area contributed by atoms with Crippen LogP contribution in [0.5, 0.6) is 0 Å². The third-order valence-corrected chi connectivity index (χ3v) is 5.08. The Morgan fingerprint density at radius 1 is 1.12 bits per heavy atom. The van der Waals surface area contributed by atoms with Gasteiger partial charge in [-0.1, -0.05) is 28.1 Å². The molecule has 0 radical (unpaired) electrons. The molecule has 1 aromatic carbocycles. The highest BCUT2D eigenvalue weighted by molar-refractivity contribution is 9.11. The molecule has 0 amide bonds. The van der Waals surface area contributed by atoms with Crippen molar-refractivity contribution in [2.24, 2.45) is 0 Å². The van der Waals surface area contributed by atoms with Crippen molar-refractivity contribution in [1.82, 2.24) is 0 Å². The molecule has 0 saturated heterocycles. The zero-order valence-corrected chi connectivity index (χ0v) is 11.9. The SMILES string of the molecule is Fc1cccc(C(Br)c2ccc(Br)s2)c1F. The lowest BCUT2D eigenvalue weighted by atomic mass is 10.1. The third kappa shape index (κ3) is 2.36. The summed E-state index contributed by atoms with van der Waals surface area (Å²) < 4.78 is 27.6. The summed E-state index contributed by atoms with van der Waals surface area (Å²) in [5.41, 5.74) is 0.314. The second-order valence-electron chi connectivity index (χ2n) is 3.15. The molecule has 0 aliphatic heterocycles. The topological polar surface area (TPSA) is 0 Å². The molecule has 0 saturated carbocycles. The van der Waals surface area contributed by atoms with Crippen LogP contribution in [0.15, 0.2) is 34.1 Å². The summed E-state index contributed by atoms with van der Waals surface area (Å²) >= 11 is 8.20. The summed E-state index contributed by atoms with van der Waals surface area (Å²) in [5, 5.41) is 0. The zero-order valence-electron chi connectivity index (χ0n) is 7.88. The van der Waals surface area contributed by atoms with E-state index in [1.165, 1.54) is 17.4 Å². The van der Waals surface area contributed by atoms with Crippen molar-refractivity contribution in [3.05, 3.63) is 56.2 Å². The van der Waals surface area contributed by atoms with Crippen molar-refractivity contribution in [3.8, 4) is 0 Å². The van der Waals surface area contributed by atoms with Gasteiger partial charge in [-0.05, 0) is 34.1 Å². The van der Waals surface area contributed by atoms with Crippen LogP contribution in [0.3, 0.4) is 0 Å². The first-order valence-electron chi connectivity index (χ1n) is 4.43. The first-order chi connectivity index (χ1) is 7.59. The second-order valence-corrected chi connectivity index (χ2v) is 6.56. The summed E-state index contributed by atoms with van der Waals surface area (Å²) in [5.74, 6) is -1.62. The number of halogens is 4. The van der Waals surface area contributed by atoms with Crippen LogP contribution in [0.1, 0.15) is 15.3 Å². The number of benzene rings is 1. The molecule has 84 valence electrons. The predicted octanol–water partition coefficient (Wildman–Crippen LogP) is 5.27. The van der Waals surface area contributed by atoms with E-state index in [0.29, 0.717) is 5.56 Å². The molecule has 0 aliphatic carbocycles. The summed E-state index contributed by atoms with van der Waals surface area (Å²) in [6, 6.07) is 7.95. The van der Waals surface area contributed by atoms with E-state index in [-0.39, 0.29) is 4.83 Å². The van der Waals surface area contributed by atoms with Crippen LogP contribution in [-0.2, 0) is 0 Å². The van der Waals surface area contributed by atoms with Crippen LogP contribution in [0.2, 0.25) is 0 Å². The van der Waals surface area contributed by atoms with Gasteiger partial charge in [0.2, 0.25) is 0 Å². The lowest BCUT2D eigenvalue weighted by Gasteiger charge is -2.09. The quantitative estimate of drug-likeness (QED) is 0.634. The second kappa shape index (κ2) is 4.94. The van der Waals surface area contributed by atoms with Gasteiger partial charge in [-0.3, -0.25) is 0 Å². The number of hydrogen-bond acceptors (Lipinski definition) is 1. The molecule has 2 aromatic rings. The van der Waals surface area contributed by atoms with E-state index in [1.807, 2.05) is 12.1 Å². The van der Waals surface area contributed by atoms with E-state index in [4.69, 9.17) is 0 Å². The summed E-state index contributed by atoms with van der Waals surface area (Å²) in [6.07, 6.45) is 0. The highest BCUT2D eigenvalue weighted by Gasteiger charge is 2.18. The highest BCUT2D eigenvalue weighted by Crippen LogP contribution is 2.38. The summed E-state index contributed by atoms with van der Waals surface area (Å²) in [6.45, 7) is 0. The van der Waals surface area contributed by atoms with Gasteiger partial charge in [0.15, 0.2) is 11.6 Å². The molecule has 1 unspecified atom stereocenters. The predicted molar refractivity (Wildman–Crippen MR) is 69.1 cm³/mol. The maximum Gasteiger partial charge on any atom is 0.163 e. The Morgan fingerprint density at radius 3 is 2.50 bits per heavy atom. The molecule has 1 aromatic heterocycles. The Kier molecular flexibility index (Phi) is 3.77. The summed E-state index contributed by atoms with van der Waals surface area (Å²) in [7, 11) is 0. The van der Waals surface area contributed by atoms with Gasteiger partial charge in [0.25, 0.3) is 0 Å². The van der Waals surface area contributed by atoms with Crippen LogP contribution < -0.4 is 0 Å². The fourth-order valence-electron chi connectivity index (χ4n) is 1.33. The molecule has 2 rings (SSSR count). The van der Waals surface area contributed by atoms with Gasteiger partial charge in [0.05, 0.1) is 8.61 Å². The van der Waals surface area contributed by atoms with E-state index in [9.17, 15) is 8.78 Å². The molecule has 1 atom stereocenters. The lowest BCUT2D eigenvalue weighted by molar-refractivity contribution is 0.501. The molecule has 0 fully saturated rings. The molecule has 1 heterocycles. The van der Waals surface area contributed by atoms with Crippen LogP contribution >= 0.6 is 43.2 Å². The summed E-state index contributed by atoms with van der Waals surface area (Å²) in [4.78, 5) is 0.607. The van der Waals surface area contributed by atoms with Crippen molar-refractivity contribution in [2.45, 2.75) is 4.83 Å². The Bertz CT molecular complexity index is 510. The van der Waals surface area contributed by atoms with E-state index in [1.54, 1.807) is 6.07 Å². The molecule has 0 nitrogen and oxygen atoms in total. The van der Waals surface area contributed by atoms with E-state index in [2.05, 4.69) is 31.9 Å². The van der Waals surface area contributed by atoms with E-state index < -0.39 is 11.6 Å². The van der Waals surface area contributed by atoms with Gasteiger partial charge in [-0.2, -0.15) is 0 Å². The zero-order chi connectivity index (χ0) is 11.7. The average Bonchev–Trinajstić information content (AvgIpc) is 2.68. The number of rotatable bonds is 2. The first kappa shape index (κ1) is 12.2. The molecule has 0 spiro atoms. The minimum absolute atomic E-state index is 0.314. The van der Waals surface area contributed by atoms with Crippen molar-refractivity contribution < 1.29 is 8.78 Å². The van der Waals surface area contributed by atoms with Crippen molar-refractivity contribution in [3.63, 3.8) is 0 Å². The van der Waals surface area contributed by atoms with Crippen LogP contribution in [0, 0.1) is 11.6 Å². The van der Waals surface area contributed by atoms with Crippen molar-refractivity contribution in [2.75, 3.05) is 0 Å². The Hall–Kier alpha value is -0.260. The smallest absolute Gasteiger partial charge is 0.163 e. The Morgan fingerprint density at radius 2 is 1.88 bits per heavy atom. The van der Waals surface area contributed by atoms with Gasteiger partial charge >= 0.3 is 0 Å². The largest absolute Gasteiger partial charge is 0.204 e. The van der Waals surface area contributed by atoms with E-state index in [0.717, 1.165) is 14.7 Å². The molecule has 0 N–H and O–H groups in total. The molecule has 0 bridgehead atoms. The van der Waals surface area contributed by atoms with Gasteiger partial charge in [0, 0.05) is 10.4 Å². The normalized spacial score (nSPS) is 12.8. The maximum atomic E-state index is 13.5. The third-order valence-electron chi connectivity index (χ3n) is 2.10. The molecular formula is C11H6Br2F2S. The van der Waals surface area contributed by atoms with Crippen molar-refractivity contribution >= 4 is 43.2 Å². The number of hydrogen-bond donors (Lipinski definition) is 0. The Balaban J connectivity index is 2.41. The number of alkyl halides is 1. The van der Waals surface area contributed by atoms with Crippen molar-refractivity contribution in [1.29, 1.82) is 0 Å². The van der Waals surface area contributed by atoms with Gasteiger partial charge in [0.1, 0.15) is 0 Å². The lowest BCUT2D eigenvalue weighted by Crippen LogP contribution is -1.96. The fraction of sp³-hybridized carbons (Fsp3) is 0.0909. The van der Waals surface area contributed by atoms with Gasteiger partial charge in [-0.25, -0.2) is 8.78 Å². The monoisotopic (exact) mass is 366 g/mol. The molecule has 5 heteroatoms. The fourth-order valence-corrected chi connectivity index (χ4v) is 3.54. The Labute approximate surface area is 113 Å². The molecule has 0 aliphatic rings. The molecular weight excluding hydrogens is 362 g/mol. The average molecular weight is 368 g/mol. The standard InChI is InChI=1S/C11H6Br2F2S/c12-9-5-4-8(16-9)10(13)6-2-1-3-7(14)11(6)15/h1-5,10H. The number of thiophene rings is 1. The van der Waals surface area contributed by atoms with Gasteiger partial charge < -0.3 is 0 Å². The minimum atomic E-state index is -0.822. The van der Waals surface area contributed by atoms with Crippen LogP contribution in [0.25, 0.3) is 0 Å². The van der Waals surface area contributed by atoms with Crippen LogP contribution in [0.4, 0.5) is 8.78 Å². The minimum Gasteiger partial charge on any atom is -0.204 e.